The van der Waals surface area contributed by atoms with Crippen molar-refractivity contribution in [3.63, 3.8) is 0 Å². The van der Waals surface area contributed by atoms with E-state index in [0.29, 0.717) is 13.1 Å². The molecule has 0 spiro atoms. The molecule has 0 saturated carbocycles. The monoisotopic (exact) mass is 245 g/mol. The minimum atomic E-state index is -4.23. The fourth-order valence-corrected chi connectivity index (χ4v) is 1.63. The predicted molar refractivity (Wildman–Crippen MR) is 58.9 cm³/mol. The Morgan fingerprint density at radius 3 is 2.38 bits per heavy atom. The molecule has 0 aliphatic heterocycles. The summed E-state index contributed by atoms with van der Waals surface area (Å²) < 4.78 is 36.1. The van der Waals surface area contributed by atoms with E-state index in [2.05, 4.69) is 11.2 Å². The van der Waals surface area contributed by atoms with Gasteiger partial charge in [0.1, 0.15) is 0 Å². The minimum Gasteiger partial charge on any atom is -0.302 e. The lowest BCUT2D eigenvalue weighted by Crippen LogP contribution is -2.12. The molecule has 16 heavy (non-hydrogen) atoms. The van der Waals surface area contributed by atoms with Crippen LogP contribution in [0.4, 0.5) is 13.2 Å². The largest absolute Gasteiger partial charge is 0.446 e. The summed E-state index contributed by atoms with van der Waals surface area (Å²) in [6, 6.07) is 6.20. The number of benzene rings is 1. The SMILES string of the molecule is C#CCNCc1ccc(SC(F)(F)F)cc1. The highest BCUT2D eigenvalue weighted by molar-refractivity contribution is 8.00. The molecule has 0 radical (unpaired) electrons. The van der Waals surface area contributed by atoms with Crippen LogP contribution in [0.2, 0.25) is 0 Å². The quantitative estimate of drug-likeness (QED) is 0.497. The van der Waals surface area contributed by atoms with Gasteiger partial charge in [0.05, 0.1) is 6.54 Å². The predicted octanol–water partition coefficient (Wildman–Crippen LogP) is 3.02. The zero-order valence-electron chi connectivity index (χ0n) is 8.34. The van der Waals surface area contributed by atoms with E-state index in [1.54, 1.807) is 12.1 Å². The standard InChI is InChI=1S/C11H10F3NS/c1-2-7-15-8-9-3-5-10(6-4-9)16-11(12,13)14/h1,3-6,15H,7-8H2. The zero-order chi connectivity index (χ0) is 12.0. The highest BCUT2D eigenvalue weighted by atomic mass is 32.2. The molecule has 0 heterocycles. The summed E-state index contributed by atoms with van der Waals surface area (Å²) in [6.45, 7) is 1.00. The normalized spacial score (nSPS) is 11.1. The van der Waals surface area contributed by atoms with Gasteiger partial charge in [0.25, 0.3) is 0 Å². The van der Waals surface area contributed by atoms with E-state index in [0.717, 1.165) is 5.56 Å². The van der Waals surface area contributed by atoms with Crippen LogP contribution >= 0.6 is 11.8 Å². The first-order valence-corrected chi connectivity index (χ1v) is 5.32. The summed E-state index contributed by atoms with van der Waals surface area (Å²) >= 11 is -0.115. The van der Waals surface area contributed by atoms with Crippen LogP contribution in [0, 0.1) is 12.3 Å². The smallest absolute Gasteiger partial charge is 0.302 e. The second-order valence-corrected chi connectivity index (χ2v) is 4.14. The van der Waals surface area contributed by atoms with Crippen LogP contribution in [0.3, 0.4) is 0 Å². The van der Waals surface area contributed by atoms with Crippen molar-refractivity contribution in [3.8, 4) is 12.3 Å². The zero-order valence-corrected chi connectivity index (χ0v) is 9.16. The number of nitrogens with one attached hydrogen (secondary N) is 1. The van der Waals surface area contributed by atoms with Crippen LogP contribution < -0.4 is 5.32 Å². The fourth-order valence-electron chi connectivity index (χ4n) is 1.09. The lowest BCUT2D eigenvalue weighted by atomic mass is 10.2. The number of thioether (sulfide) groups is 1. The molecule has 0 atom stereocenters. The summed E-state index contributed by atoms with van der Waals surface area (Å²) in [5.74, 6) is 2.42. The van der Waals surface area contributed by atoms with Gasteiger partial charge in [-0.1, -0.05) is 18.1 Å². The molecule has 0 aliphatic carbocycles. The highest BCUT2D eigenvalue weighted by Crippen LogP contribution is 2.36. The van der Waals surface area contributed by atoms with Crippen molar-refractivity contribution in [3.05, 3.63) is 29.8 Å². The van der Waals surface area contributed by atoms with Gasteiger partial charge in [0, 0.05) is 11.4 Å². The van der Waals surface area contributed by atoms with Crippen molar-refractivity contribution in [2.24, 2.45) is 0 Å². The molecule has 1 aromatic rings. The Balaban J connectivity index is 2.52. The fraction of sp³-hybridized carbons (Fsp3) is 0.273. The molecule has 1 nitrogen and oxygen atoms in total. The molecule has 0 aromatic heterocycles. The summed E-state index contributed by atoms with van der Waals surface area (Å²) in [4.78, 5) is 0.188. The number of halogens is 3. The summed E-state index contributed by atoms with van der Waals surface area (Å²) in [5, 5.41) is 2.95. The van der Waals surface area contributed by atoms with Crippen molar-refractivity contribution < 1.29 is 13.2 Å². The molecule has 0 amide bonds. The lowest BCUT2D eigenvalue weighted by molar-refractivity contribution is -0.0328. The molecule has 0 bridgehead atoms. The second-order valence-electron chi connectivity index (χ2n) is 3.00. The third-order valence-electron chi connectivity index (χ3n) is 1.71. The Kier molecular flexibility index (Phi) is 4.71. The molecule has 5 heteroatoms. The third-order valence-corrected chi connectivity index (χ3v) is 2.45. The molecule has 1 N–H and O–H groups in total. The first-order valence-electron chi connectivity index (χ1n) is 4.50. The van der Waals surface area contributed by atoms with Crippen LogP contribution in [0.5, 0.6) is 0 Å². The van der Waals surface area contributed by atoms with Crippen molar-refractivity contribution in [1.29, 1.82) is 0 Å². The molecule has 0 fully saturated rings. The Morgan fingerprint density at radius 2 is 1.88 bits per heavy atom. The number of hydrogen-bond donors (Lipinski definition) is 1. The van der Waals surface area contributed by atoms with Gasteiger partial charge in [0.15, 0.2) is 0 Å². The van der Waals surface area contributed by atoms with E-state index in [4.69, 9.17) is 6.42 Å². The molecule has 0 saturated heterocycles. The molecular weight excluding hydrogens is 235 g/mol. The van der Waals surface area contributed by atoms with Gasteiger partial charge in [-0.2, -0.15) is 13.2 Å². The topological polar surface area (TPSA) is 12.0 Å². The lowest BCUT2D eigenvalue weighted by Gasteiger charge is -2.06. The molecule has 1 aromatic carbocycles. The van der Waals surface area contributed by atoms with Gasteiger partial charge in [-0.25, -0.2) is 0 Å². The minimum absolute atomic E-state index is 0.115. The van der Waals surface area contributed by atoms with Crippen LogP contribution in [0.25, 0.3) is 0 Å². The van der Waals surface area contributed by atoms with Gasteiger partial charge in [0.2, 0.25) is 0 Å². The van der Waals surface area contributed by atoms with Crippen molar-refractivity contribution in [2.75, 3.05) is 6.54 Å². The first kappa shape index (κ1) is 12.9. The third kappa shape index (κ3) is 5.10. The van der Waals surface area contributed by atoms with E-state index in [-0.39, 0.29) is 16.7 Å². The van der Waals surface area contributed by atoms with Crippen LogP contribution in [0.1, 0.15) is 5.56 Å². The van der Waals surface area contributed by atoms with Crippen molar-refractivity contribution in [2.45, 2.75) is 16.9 Å². The second kappa shape index (κ2) is 5.83. The first-order chi connectivity index (χ1) is 7.51. The van der Waals surface area contributed by atoms with Crippen LogP contribution in [-0.2, 0) is 6.54 Å². The number of rotatable bonds is 4. The van der Waals surface area contributed by atoms with Crippen LogP contribution in [-0.4, -0.2) is 12.1 Å². The average molecular weight is 245 g/mol. The molecule has 86 valence electrons. The average Bonchev–Trinajstić information content (AvgIpc) is 2.19. The van der Waals surface area contributed by atoms with E-state index in [1.165, 1.54) is 12.1 Å². The van der Waals surface area contributed by atoms with Gasteiger partial charge >= 0.3 is 5.51 Å². The molecule has 0 aliphatic rings. The molecular formula is C11H10F3NS. The maximum atomic E-state index is 12.0. The highest BCUT2D eigenvalue weighted by Gasteiger charge is 2.28. The van der Waals surface area contributed by atoms with Gasteiger partial charge in [-0.15, -0.1) is 6.42 Å². The Morgan fingerprint density at radius 1 is 1.25 bits per heavy atom. The maximum Gasteiger partial charge on any atom is 0.446 e. The Hall–Kier alpha value is -1.12. The van der Waals surface area contributed by atoms with Crippen molar-refractivity contribution >= 4 is 11.8 Å². The Bertz CT molecular complexity index is 364. The van der Waals surface area contributed by atoms with E-state index < -0.39 is 5.51 Å². The van der Waals surface area contributed by atoms with E-state index >= 15 is 0 Å². The van der Waals surface area contributed by atoms with E-state index in [1.807, 2.05) is 0 Å². The van der Waals surface area contributed by atoms with E-state index in [9.17, 15) is 13.2 Å². The van der Waals surface area contributed by atoms with Gasteiger partial charge < -0.3 is 5.32 Å². The van der Waals surface area contributed by atoms with Crippen molar-refractivity contribution in [1.82, 2.24) is 5.32 Å². The summed E-state index contributed by atoms with van der Waals surface area (Å²) in [7, 11) is 0. The number of alkyl halides is 3. The maximum absolute atomic E-state index is 12.0. The van der Waals surface area contributed by atoms with Gasteiger partial charge in [-0.3, -0.25) is 0 Å². The number of hydrogen-bond acceptors (Lipinski definition) is 2. The summed E-state index contributed by atoms with van der Waals surface area (Å²) in [5.41, 5.74) is -3.33. The van der Waals surface area contributed by atoms with Gasteiger partial charge in [-0.05, 0) is 29.5 Å². The Labute approximate surface area is 96.4 Å². The summed E-state index contributed by atoms with van der Waals surface area (Å²) in [6.07, 6.45) is 5.05. The number of terminal acetylenes is 1. The van der Waals surface area contributed by atoms with Crippen LogP contribution in [0.15, 0.2) is 29.2 Å². The molecule has 0 unspecified atom stereocenters. The molecule has 1 rings (SSSR count).